The standard InChI is InChI=1S/C19H20N4O5/c1-11-6-5-7-12(2)16(11)21-15(24)10-22-17-13(28-19(3,4)18(22)25)8-9-14(20-17)23(26)27/h5-9H,10H2,1-4H3,(H,21,24). The molecule has 1 aromatic heterocycles. The van der Waals surface area contributed by atoms with Gasteiger partial charge in [0.1, 0.15) is 6.54 Å². The van der Waals surface area contributed by atoms with Crippen LogP contribution in [0.15, 0.2) is 30.3 Å². The van der Waals surface area contributed by atoms with E-state index in [4.69, 9.17) is 4.74 Å². The van der Waals surface area contributed by atoms with E-state index in [2.05, 4.69) is 10.3 Å². The molecule has 1 aliphatic rings. The number of aryl methyl sites for hydroxylation is 2. The van der Waals surface area contributed by atoms with Gasteiger partial charge in [0.15, 0.2) is 11.4 Å². The lowest BCUT2D eigenvalue weighted by atomic mass is 10.1. The van der Waals surface area contributed by atoms with Crippen molar-refractivity contribution in [1.29, 1.82) is 0 Å². The molecule has 0 spiro atoms. The number of para-hydroxylation sites is 1. The lowest BCUT2D eigenvalue weighted by Crippen LogP contribution is -2.54. The van der Waals surface area contributed by atoms with Gasteiger partial charge in [-0.05, 0) is 54.8 Å². The summed E-state index contributed by atoms with van der Waals surface area (Å²) in [5.74, 6) is -1.23. The van der Waals surface area contributed by atoms with Crippen LogP contribution in [0.3, 0.4) is 0 Å². The molecule has 9 heteroatoms. The highest BCUT2D eigenvalue weighted by atomic mass is 16.6. The van der Waals surface area contributed by atoms with Gasteiger partial charge in [-0.15, -0.1) is 0 Å². The molecule has 0 saturated carbocycles. The van der Waals surface area contributed by atoms with Crippen molar-refractivity contribution in [3.05, 3.63) is 51.6 Å². The Labute approximate surface area is 161 Å². The first-order valence-electron chi connectivity index (χ1n) is 8.62. The Morgan fingerprint density at radius 3 is 2.50 bits per heavy atom. The number of nitrogens with one attached hydrogen (secondary N) is 1. The molecular formula is C19H20N4O5. The quantitative estimate of drug-likeness (QED) is 0.640. The molecular weight excluding hydrogens is 364 g/mol. The number of anilines is 2. The molecule has 1 aromatic carbocycles. The van der Waals surface area contributed by atoms with E-state index in [0.717, 1.165) is 16.0 Å². The second-order valence-electron chi connectivity index (χ2n) is 7.07. The smallest absolute Gasteiger partial charge is 0.366 e. The molecule has 0 fully saturated rings. The molecule has 0 aliphatic carbocycles. The largest absolute Gasteiger partial charge is 0.472 e. The van der Waals surface area contributed by atoms with E-state index < -0.39 is 28.2 Å². The Hall–Kier alpha value is -3.49. The van der Waals surface area contributed by atoms with Crippen molar-refractivity contribution in [1.82, 2.24) is 4.98 Å². The van der Waals surface area contributed by atoms with Gasteiger partial charge in [0.05, 0.1) is 0 Å². The monoisotopic (exact) mass is 384 g/mol. The second-order valence-corrected chi connectivity index (χ2v) is 7.07. The lowest BCUT2D eigenvalue weighted by Gasteiger charge is -2.35. The molecule has 1 aliphatic heterocycles. The third kappa shape index (κ3) is 3.51. The number of nitrogens with zero attached hydrogens (tertiary/aromatic N) is 3. The van der Waals surface area contributed by atoms with Gasteiger partial charge in [-0.3, -0.25) is 14.5 Å². The molecule has 2 heterocycles. The molecule has 3 rings (SSSR count). The van der Waals surface area contributed by atoms with E-state index in [9.17, 15) is 19.7 Å². The second kappa shape index (κ2) is 6.91. The molecule has 9 nitrogen and oxygen atoms in total. The fourth-order valence-corrected chi connectivity index (χ4v) is 3.02. The van der Waals surface area contributed by atoms with Gasteiger partial charge in [-0.2, -0.15) is 0 Å². The lowest BCUT2D eigenvalue weighted by molar-refractivity contribution is -0.389. The van der Waals surface area contributed by atoms with Crippen LogP contribution in [0.4, 0.5) is 17.3 Å². The molecule has 0 unspecified atom stereocenters. The number of carbonyl (C=O) groups excluding carboxylic acids is 2. The van der Waals surface area contributed by atoms with Gasteiger partial charge in [0.25, 0.3) is 11.7 Å². The SMILES string of the molecule is Cc1cccc(C)c1NC(=O)CN1C(=O)C(C)(C)Oc2ccc([N+](=O)[O-])nc21. The van der Waals surface area contributed by atoms with Crippen LogP contribution in [0.25, 0.3) is 0 Å². The molecule has 0 bridgehead atoms. The van der Waals surface area contributed by atoms with Crippen molar-refractivity contribution in [3.63, 3.8) is 0 Å². The number of rotatable bonds is 4. The number of aromatic nitrogens is 1. The molecule has 2 amide bonds. The molecule has 28 heavy (non-hydrogen) atoms. The Balaban J connectivity index is 1.94. The van der Waals surface area contributed by atoms with Crippen LogP contribution in [0, 0.1) is 24.0 Å². The first-order valence-corrected chi connectivity index (χ1v) is 8.62. The van der Waals surface area contributed by atoms with Gasteiger partial charge in [0, 0.05) is 11.8 Å². The maximum absolute atomic E-state index is 12.8. The predicted octanol–water partition coefficient (Wildman–Crippen LogP) is 2.75. The Kier molecular flexibility index (Phi) is 4.76. The van der Waals surface area contributed by atoms with Crippen molar-refractivity contribution < 1.29 is 19.2 Å². The van der Waals surface area contributed by atoms with Gasteiger partial charge in [0.2, 0.25) is 5.91 Å². The third-order valence-electron chi connectivity index (χ3n) is 4.44. The van der Waals surface area contributed by atoms with Crippen molar-refractivity contribution in [2.24, 2.45) is 0 Å². The molecule has 2 aromatic rings. The summed E-state index contributed by atoms with van der Waals surface area (Å²) >= 11 is 0. The summed E-state index contributed by atoms with van der Waals surface area (Å²) in [5, 5.41) is 13.9. The van der Waals surface area contributed by atoms with Gasteiger partial charge >= 0.3 is 5.82 Å². The summed E-state index contributed by atoms with van der Waals surface area (Å²) < 4.78 is 5.63. The van der Waals surface area contributed by atoms with Crippen LogP contribution >= 0.6 is 0 Å². The summed E-state index contributed by atoms with van der Waals surface area (Å²) in [7, 11) is 0. The van der Waals surface area contributed by atoms with Crippen LogP contribution in [0.2, 0.25) is 0 Å². The maximum atomic E-state index is 12.8. The number of hydrogen-bond acceptors (Lipinski definition) is 6. The topological polar surface area (TPSA) is 115 Å². The summed E-state index contributed by atoms with van der Waals surface area (Å²) in [6, 6.07) is 8.19. The predicted molar refractivity (Wildman–Crippen MR) is 102 cm³/mol. The van der Waals surface area contributed by atoms with Crippen molar-refractivity contribution in [2.45, 2.75) is 33.3 Å². The summed E-state index contributed by atoms with van der Waals surface area (Å²) in [5.41, 5.74) is 1.20. The zero-order chi connectivity index (χ0) is 20.6. The van der Waals surface area contributed by atoms with Crippen LogP contribution in [0.1, 0.15) is 25.0 Å². The zero-order valence-electron chi connectivity index (χ0n) is 16.0. The van der Waals surface area contributed by atoms with Crippen molar-refractivity contribution in [2.75, 3.05) is 16.8 Å². The first-order chi connectivity index (χ1) is 13.1. The highest BCUT2D eigenvalue weighted by Crippen LogP contribution is 2.37. The highest BCUT2D eigenvalue weighted by molar-refractivity contribution is 6.07. The number of fused-ring (bicyclic) bond motifs is 1. The van der Waals surface area contributed by atoms with Crippen LogP contribution in [-0.4, -0.2) is 33.9 Å². The fraction of sp³-hybridized carbons (Fsp3) is 0.316. The Morgan fingerprint density at radius 1 is 1.25 bits per heavy atom. The zero-order valence-corrected chi connectivity index (χ0v) is 16.0. The van der Waals surface area contributed by atoms with Crippen LogP contribution in [0.5, 0.6) is 5.75 Å². The normalized spacial score (nSPS) is 14.9. The van der Waals surface area contributed by atoms with Gasteiger partial charge in [-0.25, -0.2) is 0 Å². The van der Waals surface area contributed by atoms with E-state index >= 15 is 0 Å². The average molecular weight is 384 g/mol. The first kappa shape index (κ1) is 19.3. The van der Waals surface area contributed by atoms with Crippen LogP contribution in [-0.2, 0) is 9.59 Å². The minimum absolute atomic E-state index is 0.0461. The number of amides is 2. The number of carbonyl (C=O) groups is 2. The minimum atomic E-state index is -1.23. The highest BCUT2D eigenvalue weighted by Gasteiger charge is 2.45. The third-order valence-corrected chi connectivity index (χ3v) is 4.44. The van der Waals surface area contributed by atoms with Crippen LogP contribution < -0.4 is 15.0 Å². The summed E-state index contributed by atoms with van der Waals surface area (Å²) in [4.78, 5) is 40.9. The Bertz CT molecular complexity index is 966. The fourth-order valence-electron chi connectivity index (χ4n) is 3.02. The molecule has 0 saturated heterocycles. The average Bonchev–Trinajstić information content (AvgIpc) is 2.61. The number of nitro groups is 1. The summed E-state index contributed by atoms with van der Waals surface area (Å²) in [6.07, 6.45) is 0. The number of benzene rings is 1. The van der Waals surface area contributed by atoms with E-state index in [-0.39, 0.29) is 18.1 Å². The van der Waals surface area contributed by atoms with E-state index in [1.807, 2.05) is 32.0 Å². The van der Waals surface area contributed by atoms with Gasteiger partial charge in [-0.1, -0.05) is 18.2 Å². The Morgan fingerprint density at radius 2 is 1.89 bits per heavy atom. The molecule has 146 valence electrons. The van der Waals surface area contributed by atoms with Gasteiger partial charge < -0.3 is 20.2 Å². The van der Waals surface area contributed by atoms with Crippen molar-refractivity contribution in [3.8, 4) is 5.75 Å². The van der Waals surface area contributed by atoms with E-state index in [0.29, 0.717) is 5.69 Å². The van der Waals surface area contributed by atoms with Crippen molar-refractivity contribution >= 4 is 29.1 Å². The summed E-state index contributed by atoms with van der Waals surface area (Å²) in [6.45, 7) is 6.52. The number of pyridine rings is 1. The van der Waals surface area contributed by atoms with E-state index in [1.54, 1.807) is 13.8 Å². The molecule has 0 atom stereocenters. The number of ether oxygens (including phenoxy) is 1. The minimum Gasteiger partial charge on any atom is -0.472 e. The number of hydrogen-bond donors (Lipinski definition) is 1. The van der Waals surface area contributed by atoms with E-state index in [1.165, 1.54) is 12.1 Å². The molecule has 0 radical (unpaired) electrons. The molecule has 1 N–H and O–H groups in total. The maximum Gasteiger partial charge on any atom is 0.366 e.